The smallest absolute Gasteiger partial charge is 0.335 e. The van der Waals surface area contributed by atoms with Crippen LogP contribution in [0.15, 0.2) is 113 Å². The van der Waals surface area contributed by atoms with Gasteiger partial charge in [0.05, 0.1) is 41.9 Å². The van der Waals surface area contributed by atoms with Gasteiger partial charge in [-0.2, -0.15) is 0 Å². The van der Waals surface area contributed by atoms with Crippen molar-refractivity contribution in [3.05, 3.63) is 135 Å². The van der Waals surface area contributed by atoms with Crippen LogP contribution in [0.25, 0.3) is 16.8 Å². The fourth-order valence-electron chi connectivity index (χ4n) is 5.03. The lowest BCUT2D eigenvalue weighted by Gasteiger charge is -2.16. The minimum atomic E-state index is -1.02. The Bertz CT molecular complexity index is 2030. The summed E-state index contributed by atoms with van der Waals surface area (Å²) in [6.07, 6.45) is 1.74. The van der Waals surface area contributed by atoms with Gasteiger partial charge < -0.3 is 19.3 Å². The molecule has 0 radical (unpaired) electrons. The van der Waals surface area contributed by atoms with E-state index in [0.29, 0.717) is 50.2 Å². The number of carbonyl (C=O) groups is 2. The Balaban J connectivity index is 1.27. The van der Waals surface area contributed by atoms with Gasteiger partial charge >= 0.3 is 5.97 Å². The second-order valence-electron chi connectivity index (χ2n) is 10.6. The maximum absolute atomic E-state index is 13.8. The third-order valence-electron chi connectivity index (χ3n) is 7.47. The summed E-state index contributed by atoms with van der Waals surface area (Å²) in [5, 5.41) is 12.4. The number of aliphatic imine (C=N–C) groups is 1. The summed E-state index contributed by atoms with van der Waals surface area (Å²) < 4.78 is 17.0. The Kier molecular flexibility index (Phi) is 9.47. The van der Waals surface area contributed by atoms with Gasteiger partial charge in [-0.1, -0.05) is 60.1 Å². The first kappa shape index (κ1) is 31.7. The largest absolute Gasteiger partial charge is 0.497 e. The van der Waals surface area contributed by atoms with Crippen molar-refractivity contribution in [2.24, 2.45) is 4.99 Å². The van der Waals surface area contributed by atoms with E-state index < -0.39 is 5.97 Å². The highest BCUT2D eigenvalue weighted by atomic mass is 35.5. The molecule has 5 aromatic carbocycles. The molecule has 6 rings (SSSR count). The first-order chi connectivity index (χ1) is 22.8. The van der Waals surface area contributed by atoms with Gasteiger partial charge in [0, 0.05) is 0 Å². The zero-order valence-corrected chi connectivity index (χ0v) is 27.0. The average Bonchev–Trinajstić information content (AvgIpc) is 3.36. The van der Waals surface area contributed by atoms with Crippen LogP contribution in [-0.4, -0.2) is 41.3 Å². The van der Waals surface area contributed by atoms with E-state index in [9.17, 15) is 14.7 Å². The molecule has 0 bridgehead atoms. The number of hydrogen-bond donors (Lipinski definition) is 1. The SMILES string of the molecule is COc1ccc(N=C2S/C(=C\c3cc(Cl)c(OCc4ccc5ccccc5c4)c(OC)c3)C(=O)N2Cc2ccc(C(=O)O)cc2)cc1. The molecule has 1 amide bonds. The number of rotatable bonds is 10. The van der Waals surface area contributed by atoms with Crippen molar-refractivity contribution in [2.75, 3.05) is 14.2 Å². The Labute approximate surface area is 280 Å². The monoisotopic (exact) mass is 664 g/mol. The molecule has 1 aliphatic heterocycles. The van der Waals surface area contributed by atoms with Gasteiger partial charge in [-0.3, -0.25) is 9.69 Å². The minimum absolute atomic E-state index is 0.166. The summed E-state index contributed by atoms with van der Waals surface area (Å²) in [7, 11) is 3.13. The van der Waals surface area contributed by atoms with Crippen molar-refractivity contribution in [3.8, 4) is 17.2 Å². The van der Waals surface area contributed by atoms with Crippen LogP contribution in [-0.2, 0) is 17.9 Å². The van der Waals surface area contributed by atoms with E-state index in [-0.39, 0.29) is 18.0 Å². The van der Waals surface area contributed by atoms with Gasteiger partial charge in [0.25, 0.3) is 5.91 Å². The third kappa shape index (κ3) is 7.27. The minimum Gasteiger partial charge on any atom is -0.497 e. The molecule has 10 heteroatoms. The number of ether oxygens (including phenoxy) is 3. The molecule has 47 heavy (non-hydrogen) atoms. The molecular formula is C37H29ClN2O6S. The van der Waals surface area contributed by atoms with Crippen LogP contribution in [0.2, 0.25) is 5.02 Å². The van der Waals surface area contributed by atoms with E-state index in [4.69, 9.17) is 30.8 Å². The number of aromatic carboxylic acids is 1. The molecule has 5 aromatic rings. The van der Waals surface area contributed by atoms with Crippen molar-refractivity contribution in [3.63, 3.8) is 0 Å². The predicted octanol–water partition coefficient (Wildman–Crippen LogP) is 8.59. The topological polar surface area (TPSA) is 97.7 Å². The molecular weight excluding hydrogens is 636 g/mol. The van der Waals surface area contributed by atoms with Crippen LogP contribution in [0.5, 0.6) is 17.2 Å². The summed E-state index contributed by atoms with van der Waals surface area (Å²) in [6, 6.07) is 31.4. The molecule has 0 aliphatic carbocycles. The first-order valence-corrected chi connectivity index (χ1v) is 15.7. The number of methoxy groups -OCH3 is 2. The number of nitrogens with zero attached hydrogens (tertiary/aromatic N) is 2. The van der Waals surface area contributed by atoms with Gasteiger partial charge in [0.15, 0.2) is 16.7 Å². The predicted molar refractivity (Wildman–Crippen MR) is 186 cm³/mol. The van der Waals surface area contributed by atoms with E-state index in [1.807, 2.05) is 18.2 Å². The van der Waals surface area contributed by atoms with Gasteiger partial charge in [-0.15, -0.1) is 0 Å². The summed E-state index contributed by atoms with van der Waals surface area (Å²) in [5.74, 6) is 0.258. The summed E-state index contributed by atoms with van der Waals surface area (Å²) in [4.78, 5) is 31.9. The highest BCUT2D eigenvalue weighted by molar-refractivity contribution is 8.18. The van der Waals surface area contributed by atoms with Crippen LogP contribution in [0.4, 0.5) is 5.69 Å². The van der Waals surface area contributed by atoms with E-state index in [0.717, 1.165) is 21.9 Å². The van der Waals surface area contributed by atoms with Crippen LogP contribution in [0.1, 0.15) is 27.0 Å². The van der Waals surface area contributed by atoms with Crippen LogP contribution < -0.4 is 14.2 Å². The summed E-state index contributed by atoms with van der Waals surface area (Å²) in [5.41, 5.74) is 3.20. The lowest BCUT2D eigenvalue weighted by Crippen LogP contribution is -2.28. The number of carboxylic acids is 1. The second kappa shape index (κ2) is 14.0. The van der Waals surface area contributed by atoms with Crippen molar-refractivity contribution in [1.29, 1.82) is 0 Å². The highest BCUT2D eigenvalue weighted by Crippen LogP contribution is 2.40. The number of thioether (sulfide) groups is 1. The van der Waals surface area contributed by atoms with Gasteiger partial charge in [-0.05, 0) is 99.9 Å². The van der Waals surface area contributed by atoms with Gasteiger partial charge in [0.1, 0.15) is 12.4 Å². The molecule has 0 aromatic heterocycles. The Hall–Kier alpha value is -5.25. The Morgan fingerprint density at radius 1 is 0.894 bits per heavy atom. The normalized spacial score (nSPS) is 14.6. The number of benzene rings is 5. The lowest BCUT2D eigenvalue weighted by atomic mass is 10.1. The second-order valence-corrected chi connectivity index (χ2v) is 12.0. The molecule has 0 unspecified atom stereocenters. The van der Waals surface area contributed by atoms with Gasteiger partial charge in [0.2, 0.25) is 0 Å². The summed E-state index contributed by atoms with van der Waals surface area (Å²) in [6.45, 7) is 0.493. The standard InChI is InChI=1S/C37H29ClN2O6S/c1-44-30-15-13-29(14-16-30)39-37-40(21-23-7-11-27(12-8-23)36(42)43)35(41)33(47-37)20-25-18-31(38)34(32(19-25)45-2)46-22-24-9-10-26-5-3-4-6-28(26)17-24/h3-20H,21-22H2,1-2H3,(H,42,43)/b33-20-,39-37?. The lowest BCUT2D eigenvalue weighted by molar-refractivity contribution is -0.122. The number of amides is 1. The quantitative estimate of drug-likeness (QED) is 0.149. The molecule has 1 saturated heterocycles. The van der Waals surface area contributed by atoms with Crippen molar-refractivity contribution in [1.82, 2.24) is 4.90 Å². The van der Waals surface area contributed by atoms with Crippen molar-refractivity contribution < 1.29 is 28.9 Å². The Morgan fingerprint density at radius 2 is 1.62 bits per heavy atom. The maximum Gasteiger partial charge on any atom is 0.335 e. The zero-order chi connectivity index (χ0) is 32.9. The third-order valence-corrected chi connectivity index (χ3v) is 8.76. The molecule has 0 atom stereocenters. The van der Waals surface area contributed by atoms with E-state index in [1.165, 1.54) is 31.0 Å². The molecule has 8 nitrogen and oxygen atoms in total. The first-order valence-electron chi connectivity index (χ1n) is 14.6. The molecule has 1 aliphatic rings. The van der Waals surface area contributed by atoms with Gasteiger partial charge in [-0.25, -0.2) is 9.79 Å². The fraction of sp³-hybridized carbons (Fsp3) is 0.108. The molecule has 236 valence electrons. The number of halogens is 1. The fourth-order valence-corrected chi connectivity index (χ4v) is 6.30. The van der Waals surface area contributed by atoms with E-state index >= 15 is 0 Å². The molecule has 1 fully saturated rings. The van der Waals surface area contributed by atoms with Crippen LogP contribution in [0, 0.1) is 0 Å². The maximum atomic E-state index is 13.8. The Morgan fingerprint density at radius 3 is 2.32 bits per heavy atom. The van der Waals surface area contributed by atoms with Crippen LogP contribution >= 0.6 is 23.4 Å². The molecule has 1 heterocycles. The van der Waals surface area contributed by atoms with Crippen molar-refractivity contribution >= 4 is 62.9 Å². The van der Waals surface area contributed by atoms with Crippen molar-refractivity contribution in [2.45, 2.75) is 13.2 Å². The summed E-state index contributed by atoms with van der Waals surface area (Å²) >= 11 is 7.95. The number of carboxylic acid groups (broad SMARTS) is 1. The van der Waals surface area contributed by atoms with E-state index in [2.05, 4.69) is 24.3 Å². The number of fused-ring (bicyclic) bond motifs is 1. The average molecular weight is 665 g/mol. The molecule has 0 spiro atoms. The molecule has 1 N–H and O–H groups in total. The highest BCUT2D eigenvalue weighted by Gasteiger charge is 2.33. The molecule has 0 saturated carbocycles. The zero-order valence-electron chi connectivity index (χ0n) is 25.5. The van der Waals surface area contributed by atoms with E-state index in [1.54, 1.807) is 66.6 Å². The van der Waals surface area contributed by atoms with Crippen LogP contribution in [0.3, 0.4) is 0 Å². The number of carbonyl (C=O) groups excluding carboxylic acids is 1. The number of amidine groups is 1. The number of hydrogen-bond acceptors (Lipinski definition) is 7.